The van der Waals surface area contributed by atoms with Gasteiger partial charge in [-0.1, -0.05) is 48.5 Å². The first-order valence-corrected chi connectivity index (χ1v) is 9.71. The van der Waals surface area contributed by atoms with Gasteiger partial charge in [-0.15, -0.1) is 0 Å². The summed E-state index contributed by atoms with van der Waals surface area (Å²) in [5, 5.41) is 1.62. The molecule has 0 saturated carbocycles. The lowest BCUT2D eigenvalue weighted by atomic mass is 10.1. The van der Waals surface area contributed by atoms with Crippen LogP contribution in [0.15, 0.2) is 73.5 Å². The molecule has 3 aromatic rings. The lowest BCUT2D eigenvalue weighted by Crippen LogP contribution is -2.25. The molecule has 0 aromatic heterocycles. The highest BCUT2D eigenvalue weighted by atomic mass is 32.2. The van der Waals surface area contributed by atoms with E-state index in [1.165, 1.54) is 12.1 Å². The molecule has 1 aliphatic heterocycles. The zero-order valence-corrected chi connectivity index (χ0v) is 14.9. The van der Waals surface area contributed by atoms with E-state index in [0.29, 0.717) is 10.8 Å². The molecule has 1 heterocycles. The van der Waals surface area contributed by atoms with Crippen molar-refractivity contribution in [3.8, 4) is 0 Å². The van der Waals surface area contributed by atoms with E-state index in [9.17, 15) is 22.6 Å². The van der Waals surface area contributed by atoms with E-state index in [1.807, 2.05) is 0 Å². The van der Waals surface area contributed by atoms with Crippen LogP contribution in [0, 0.1) is 10.8 Å². The molecule has 3 aromatic carbocycles. The summed E-state index contributed by atoms with van der Waals surface area (Å²) >= 11 is 0. The zero-order valence-electron chi connectivity index (χ0n) is 14.1. The third-order valence-corrected chi connectivity index (χ3v) is 5.67. The Hall–Kier alpha value is -3.49. The van der Waals surface area contributed by atoms with Crippen LogP contribution >= 0.6 is 0 Å². The van der Waals surface area contributed by atoms with Gasteiger partial charge in [-0.2, -0.15) is 8.42 Å². The predicted octanol–water partition coefficient (Wildman–Crippen LogP) is 2.76. The highest BCUT2D eigenvalue weighted by Gasteiger charge is 2.19. The number of fused-ring (bicyclic) bond motifs is 5. The number of aromatic amines is 1. The minimum Gasteiger partial charge on any atom is -0.448 e. The molecule has 0 atom stereocenters. The van der Waals surface area contributed by atoms with Crippen LogP contribution < -0.4 is 10.9 Å². The maximum atomic E-state index is 12.6. The monoisotopic (exact) mass is 393 g/mol. The number of aromatic nitrogens is 1. The van der Waals surface area contributed by atoms with E-state index in [-0.39, 0.29) is 37.5 Å². The second-order valence-electron chi connectivity index (χ2n) is 6.41. The van der Waals surface area contributed by atoms with Crippen molar-refractivity contribution in [2.45, 2.75) is 4.90 Å². The fourth-order valence-electron chi connectivity index (χ4n) is 3.55. The Morgan fingerprint density at radius 1 is 0.821 bits per heavy atom. The van der Waals surface area contributed by atoms with Gasteiger partial charge in [0.1, 0.15) is 4.90 Å². The SMILES string of the molecule is O=c1c2oc3c(cc(S(=O)(=O)O)c4ccccc43)[nH]c=2c2ccccc2c1=O. The normalized spacial score (nSPS) is 12.3. The summed E-state index contributed by atoms with van der Waals surface area (Å²) in [7, 11) is -4.50. The highest BCUT2D eigenvalue weighted by Crippen LogP contribution is 2.30. The van der Waals surface area contributed by atoms with Crippen molar-refractivity contribution < 1.29 is 17.4 Å². The summed E-state index contributed by atoms with van der Waals surface area (Å²) in [5.74, 6) is 0. The molecule has 28 heavy (non-hydrogen) atoms. The molecule has 0 unspecified atom stereocenters. The maximum absolute atomic E-state index is 12.6. The van der Waals surface area contributed by atoms with Crippen molar-refractivity contribution >= 4 is 42.8 Å². The van der Waals surface area contributed by atoms with Crippen LogP contribution in [0.1, 0.15) is 0 Å². The lowest BCUT2D eigenvalue weighted by Gasteiger charge is -2.09. The van der Waals surface area contributed by atoms with Crippen LogP contribution in [0.3, 0.4) is 0 Å². The van der Waals surface area contributed by atoms with Crippen LogP contribution in [0.2, 0.25) is 0 Å². The quantitative estimate of drug-likeness (QED) is 0.334. The average molecular weight is 393 g/mol. The Morgan fingerprint density at radius 3 is 2.11 bits per heavy atom. The number of hydrogen-bond donors (Lipinski definition) is 2. The fraction of sp³-hybridized carbons (Fsp3) is 0. The maximum Gasteiger partial charge on any atom is 0.295 e. The third-order valence-electron chi connectivity index (χ3n) is 4.78. The molecule has 138 valence electrons. The number of rotatable bonds is 1. The second kappa shape index (κ2) is 5.51. The first-order valence-electron chi connectivity index (χ1n) is 8.27. The van der Waals surface area contributed by atoms with Crippen molar-refractivity contribution in [3.05, 3.63) is 85.8 Å². The largest absolute Gasteiger partial charge is 0.448 e. The first kappa shape index (κ1) is 16.7. The molecule has 8 heteroatoms. The summed E-state index contributed by atoms with van der Waals surface area (Å²) in [6, 6.07) is 14.3. The Bertz CT molecular complexity index is 1730. The standard InChI is InChI=1S/C20H11NO6S/c22-17-12-7-3-2-6-11(12)16-20(18(17)23)27-19-13-8-4-1-5-10(13)15(28(24,25)26)9-14(19)21-16/h1-9,21H,(H,24,25,26). The van der Waals surface area contributed by atoms with Gasteiger partial charge >= 0.3 is 0 Å². The third kappa shape index (κ3) is 2.22. The van der Waals surface area contributed by atoms with Gasteiger partial charge in [0.25, 0.3) is 15.5 Å². The molecule has 0 fully saturated rings. The van der Waals surface area contributed by atoms with E-state index in [1.54, 1.807) is 42.5 Å². The Kier molecular flexibility index (Phi) is 3.28. The fourth-order valence-corrected chi connectivity index (χ4v) is 4.27. The Labute approximate surface area is 156 Å². The highest BCUT2D eigenvalue weighted by molar-refractivity contribution is 7.86. The molecule has 2 N–H and O–H groups in total. The predicted molar refractivity (Wildman–Crippen MR) is 103 cm³/mol. The zero-order chi connectivity index (χ0) is 19.6. The summed E-state index contributed by atoms with van der Waals surface area (Å²) in [4.78, 5) is 27.7. The molecule has 0 amide bonds. The van der Waals surface area contributed by atoms with Crippen LogP contribution in [0.5, 0.6) is 0 Å². The van der Waals surface area contributed by atoms with Crippen molar-refractivity contribution in [3.63, 3.8) is 0 Å². The van der Waals surface area contributed by atoms with E-state index in [4.69, 9.17) is 4.42 Å². The number of hydrogen-bond acceptors (Lipinski definition) is 5. The van der Waals surface area contributed by atoms with Gasteiger partial charge in [0, 0.05) is 21.5 Å². The molecular weight excluding hydrogens is 382 g/mol. The minimum atomic E-state index is -4.50. The average Bonchev–Trinajstić information content (AvgIpc) is 2.69. The lowest BCUT2D eigenvalue weighted by molar-refractivity contribution is 0.484. The van der Waals surface area contributed by atoms with Gasteiger partial charge in [-0.3, -0.25) is 14.1 Å². The number of benzene rings is 3. The minimum absolute atomic E-state index is 0.138. The molecule has 1 aliphatic carbocycles. The second-order valence-corrected chi connectivity index (χ2v) is 7.80. The molecular formula is C20H11NO6S. The molecule has 0 radical (unpaired) electrons. The van der Waals surface area contributed by atoms with Gasteiger partial charge in [0.05, 0.1) is 10.9 Å². The Balaban J connectivity index is 2.16. The van der Waals surface area contributed by atoms with Crippen LogP contribution in [-0.4, -0.2) is 18.0 Å². The molecule has 7 nitrogen and oxygen atoms in total. The summed E-state index contributed by atoms with van der Waals surface area (Å²) in [6.45, 7) is 0. The van der Waals surface area contributed by atoms with E-state index < -0.39 is 21.0 Å². The van der Waals surface area contributed by atoms with E-state index >= 15 is 0 Å². The van der Waals surface area contributed by atoms with Gasteiger partial charge in [-0.25, -0.2) is 0 Å². The van der Waals surface area contributed by atoms with Gasteiger partial charge in [-0.05, 0) is 6.07 Å². The Morgan fingerprint density at radius 2 is 1.43 bits per heavy atom. The molecule has 0 saturated heterocycles. The molecule has 5 rings (SSSR count). The van der Waals surface area contributed by atoms with Crippen molar-refractivity contribution in [2.24, 2.45) is 0 Å². The topological polar surface area (TPSA) is 117 Å². The first-order chi connectivity index (χ1) is 13.4. The summed E-state index contributed by atoms with van der Waals surface area (Å²) < 4.78 is 39.2. The van der Waals surface area contributed by atoms with Crippen molar-refractivity contribution in [1.82, 2.24) is 4.98 Å². The van der Waals surface area contributed by atoms with Crippen LogP contribution in [0.4, 0.5) is 0 Å². The van der Waals surface area contributed by atoms with E-state index in [0.717, 1.165) is 0 Å². The van der Waals surface area contributed by atoms with Gasteiger partial charge in [0.15, 0.2) is 5.58 Å². The van der Waals surface area contributed by atoms with E-state index in [2.05, 4.69) is 4.98 Å². The van der Waals surface area contributed by atoms with Crippen molar-refractivity contribution in [1.29, 1.82) is 0 Å². The van der Waals surface area contributed by atoms with Crippen LogP contribution in [0.25, 0.3) is 32.6 Å². The number of H-pyrrole nitrogens is 1. The van der Waals surface area contributed by atoms with Crippen molar-refractivity contribution in [2.75, 3.05) is 0 Å². The molecule has 2 aliphatic rings. The molecule has 0 spiro atoms. The van der Waals surface area contributed by atoms with Gasteiger partial charge < -0.3 is 9.40 Å². The molecule has 0 bridgehead atoms. The smallest absolute Gasteiger partial charge is 0.295 e. The summed E-state index contributed by atoms with van der Waals surface area (Å²) in [5.41, 5.74) is -1.11. The number of nitrogens with one attached hydrogen (secondary N) is 1. The van der Waals surface area contributed by atoms with Gasteiger partial charge in [0.2, 0.25) is 10.8 Å². The van der Waals surface area contributed by atoms with Crippen LogP contribution in [-0.2, 0) is 10.1 Å². The summed E-state index contributed by atoms with van der Waals surface area (Å²) in [6.07, 6.45) is 0.